The molecule has 0 atom stereocenters. The number of non-ortho nitro benzene ring substituents is 1. The molecule has 0 aliphatic carbocycles. The number of hydrogen-bond acceptors (Lipinski definition) is 5. The van der Waals surface area contributed by atoms with E-state index in [4.69, 9.17) is 4.74 Å². The number of halogens is 1. The number of carbonyl (C=O) groups is 2. The lowest BCUT2D eigenvalue weighted by molar-refractivity contribution is -0.384. The molecule has 0 radical (unpaired) electrons. The minimum atomic E-state index is -0.607. The van der Waals surface area contributed by atoms with Crippen LogP contribution in [0, 0.1) is 13.7 Å². The van der Waals surface area contributed by atoms with Crippen molar-refractivity contribution in [2.45, 2.75) is 0 Å². The van der Waals surface area contributed by atoms with Crippen LogP contribution in [0.1, 0.15) is 10.4 Å². The molecule has 1 amide bonds. The van der Waals surface area contributed by atoms with Crippen molar-refractivity contribution in [3.63, 3.8) is 0 Å². The summed E-state index contributed by atoms with van der Waals surface area (Å²) in [5.74, 6) is -1.19. The maximum Gasteiger partial charge on any atom is 0.339 e. The second-order valence-electron chi connectivity index (χ2n) is 4.41. The van der Waals surface area contributed by atoms with Gasteiger partial charge in [-0.3, -0.25) is 14.9 Å². The van der Waals surface area contributed by atoms with Gasteiger partial charge in [-0.1, -0.05) is 18.2 Å². The SMILES string of the molecule is O=C(COC(=O)c1ccccc1I)Nc1cccc([N+](=O)[O-])c1. The van der Waals surface area contributed by atoms with Crippen LogP contribution in [-0.2, 0) is 9.53 Å². The van der Waals surface area contributed by atoms with Crippen molar-refractivity contribution in [2.24, 2.45) is 0 Å². The van der Waals surface area contributed by atoms with Gasteiger partial charge in [-0.25, -0.2) is 4.79 Å². The molecule has 2 rings (SSSR count). The zero-order chi connectivity index (χ0) is 16.8. The number of nitro groups is 1. The number of carbonyl (C=O) groups excluding carboxylic acids is 2. The van der Waals surface area contributed by atoms with Gasteiger partial charge in [0.2, 0.25) is 0 Å². The molecule has 0 bridgehead atoms. The first-order valence-corrected chi connectivity index (χ1v) is 7.51. The third-order valence-electron chi connectivity index (χ3n) is 2.77. The van der Waals surface area contributed by atoms with E-state index >= 15 is 0 Å². The summed E-state index contributed by atoms with van der Waals surface area (Å²) in [6.07, 6.45) is 0. The Kier molecular flexibility index (Phi) is 5.63. The van der Waals surface area contributed by atoms with Crippen molar-refractivity contribution in [2.75, 3.05) is 11.9 Å². The van der Waals surface area contributed by atoms with Crippen molar-refractivity contribution in [3.05, 3.63) is 67.8 Å². The van der Waals surface area contributed by atoms with E-state index in [0.29, 0.717) is 9.13 Å². The minimum absolute atomic E-state index is 0.140. The first-order chi connectivity index (χ1) is 11.0. The van der Waals surface area contributed by atoms with Crippen LogP contribution in [-0.4, -0.2) is 23.4 Å². The first-order valence-electron chi connectivity index (χ1n) is 6.43. The number of benzene rings is 2. The Bertz CT molecular complexity index is 763. The third kappa shape index (κ3) is 4.74. The predicted octanol–water partition coefficient (Wildman–Crippen LogP) is 2.99. The fraction of sp³-hybridized carbons (Fsp3) is 0.0667. The van der Waals surface area contributed by atoms with Crippen molar-refractivity contribution < 1.29 is 19.2 Å². The van der Waals surface area contributed by atoms with Crippen molar-refractivity contribution >= 4 is 45.8 Å². The topological polar surface area (TPSA) is 98.5 Å². The molecule has 0 aromatic heterocycles. The Labute approximate surface area is 144 Å². The Hall–Kier alpha value is -2.49. The third-order valence-corrected chi connectivity index (χ3v) is 3.71. The lowest BCUT2D eigenvalue weighted by Crippen LogP contribution is -2.21. The van der Waals surface area contributed by atoms with Gasteiger partial charge in [-0.15, -0.1) is 0 Å². The average molecular weight is 426 g/mol. The summed E-state index contributed by atoms with van der Waals surface area (Å²) in [7, 11) is 0. The number of ether oxygens (including phenoxy) is 1. The number of nitrogens with zero attached hydrogens (tertiary/aromatic N) is 1. The summed E-state index contributed by atoms with van der Waals surface area (Å²) >= 11 is 2.00. The summed E-state index contributed by atoms with van der Waals surface area (Å²) in [4.78, 5) is 33.7. The molecule has 2 aromatic carbocycles. The molecular weight excluding hydrogens is 415 g/mol. The summed E-state index contributed by atoms with van der Waals surface area (Å²) in [5, 5.41) is 13.1. The van der Waals surface area contributed by atoms with E-state index in [1.54, 1.807) is 24.3 Å². The average Bonchev–Trinajstić information content (AvgIpc) is 2.53. The lowest BCUT2D eigenvalue weighted by atomic mass is 10.2. The molecular formula is C15H11IN2O5. The van der Waals surface area contributed by atoms with Gasteiger partial charge in [0.1, 0.15) is 0 Å². The Morgan fingerprint density at radius 2 is 1.91 bits per heavy atom. The number of anilines is 1. The highest BCUT2D eigenvalue weighted by atomic mass is 127. The summed E-state index contributed by atoms with van der Waals surface area (Å²) in [6, 6.07) is 12.3. The fourth-order valence-corrected chi connectivity index (χ4v) is 2.34. The molecule has 0 heterocycles. The smallest absolute Gasteiger partial charge is 0.339 e. The van der Waals surface area contributed by atoms with Gasteiger partial charge in [-0.05, 0) is 40.8 Å². The normalized spacial score (nSPS) is 9.96. The van der Waals surface area contributed by atoms with Crippen molar-refractivity contribution in [1.29, 1.82) is 0 Å². The number of esters is 1. The maximum atomic E-state index is 11.9. The van der Waals surface area contributed by atoms with Crippen LogP contribution in [0.2, 0.25) is 0 Å². The molecule has 0 unspecified atom stereocenters. The van der Waals surface area contributed by atoms with E-state index in [2.05, 4.69) is 5.32 Å². The molecule has 2 aromatic rings. The Balaban J connectivity index is 1.93. The van der Waals surface area contributed by atoms with Crippen LogP contribution in [0.15, 0.2) is 48.5 Å². The summed E-state index contributed by atoms with van der Waals surface area (Å²) in [6.45, 7) is -0.480. The fourth-order valence-electron chi connectivity index (χ4n) is 1.73. The molecule has 0 saturated carbocycles. The van der Waals surface area contributed by atoms with Gasteiger partial charge in [0, 0.05) is 21.4 Å². The van der Waals surface area contributed by atoms with Crippen molar-refractivity contribution in [1.82, 2.24) is 0 Å². The lowest BCUT2D eigenvalue weighted by Gasteiger charge is -2.07. The van der Waals surface area contributed by atoms with Crippen LogP contribution >= 0.6 is 22.6 Å². The van der Waals surface area contributed by atoms with E-state index in [1.165, 1.54) is 24.3 Å². The highest BCUT2D eigenvalue weighted by Gasteiger charge is 2.13. The molecule has 7 nitrogen and oxygen atoms in total. The zero-order valence-corrected chi connectivity index (χ0v) is 13.8. The number of rotatable bonds is 5. The van der Waals surface area contributed by atoms with E-state index in [1.807, 2.05) is 22.6 Å². The molecule has 23 heavy (non-hydrogen) atoms. The first kappa shape index (κ1) is 16.9. The highest BCUT2D eigenvalue weighted by Crippen LogP contribution is 2.17. The quantitative estimate of drug-likeness (QED) is 0.343. The van der Waals surface area contributed by atoms with Crippen molar-refractivity contribution in [3.8, 4) is 0 Å². The molecule has 1 N–H and O–H groups in total. The van der Waals surface area contributed by atoms with Gasteiger partial charge in [0.05, 0.1) is 10.5 Å². The summed E-state index contributed by atoms with van der Waals surface area (Å²) < 4.78 is 5.65. The second kappa shape index (κ2) is 7.68. The van der Waals surface area contributed by atoms with Gasteiger partial charge in [0.15, 0.2) is 6.61 Å². The zero-order valence-electron chi connectivity index (χ0n) is 11.7. The van der Waals surface area contributed by atoms with Gasteiger partial charge in [-0.2, -0.15) is 0 Å². The predicted molar refractivity (Wildman–Crippen MR) is 91.2 cm³/mol. The second-order valence-corrected chi connectivity index (χ2v) is 5.57. The summed E-state index contributed by atoms with van der Waals surface area (Å²) in [5.41, 5.74) is 0.490. The molecule has 8 heteroatoms. The maximum absolute atomic E-state index is 11.9. The molecule has 118 valence electrons. The van der Waals surface area contributed by atoms with Crippen LogP contribution in [0.4, 0.5) is 11.4 Å². The number of amides is 1. The molecule has 0 aliphatic heterocycles. The van der Waals surface area contributed by atoms with E-state index in [-0.39, 0.29) is 11.4 Å². The minimum Gasteiger partial charge on any atom is -0.452 e. The molecule has 0 spiro atoms. The van der Waals surface area contributed by atoms with Gasteiger partial charge >= 0.3 is 5.97 Å². The Morgan fingerprint density at radius 1 is 1.17 bits per heavy atom. The van der Waals surface area contributed by atoms with Crippen LogP contribution in [0.5, 0.6) is 0 Å². The number of hydrogen-bond donors (Lipinski definition) is 1. The monoisotopic (exact) mass is 426 g/mol. The number of nitrogens with one attached hydrogen (secondary N) is 1. The highest BCUT2D eigenvalue weighted by molar-refractivity contribution is 14.1. The van der Waals surface area contributed by atoms with Crippen LogP contribution in [0.25, 0.3) is 0 Å². The van der Waals surface area contributed by atoms with Crippen LogP contribution < -0.4 is 5.32 Å². The molecule has 0 aliphatic rings. The van der Waals surface area contributed by atoms with Gasteiger partial charge in [0.25, 0.3) is 11.6 Å². The number of nitro benzene ring substituents is 1. The van der Waals surface area contributed by atoms with Gasteiger partial charge < -0.3 is 10.1 Å². The Morgan fingerprint density at radius 3 is 2.61 bits per heavy atom. The largest absolute Gasteiger partial charge is 0.452 e. The molecule has 0 saturated heterocycles. The molecule has 0 fully saturated rings. The van der Waals surface area contributed by atoms with E-state index in [9.17, 15) is 19.7 Å². The van der Waals surface area contributed by atoms with Crippen LogP contribution in [0.3, 0.4) is 0 Å². The van der Waals surface area contributed by atoms with E-state index in [0.717, 1.165) is 0 Å². The van der Waals surface area contributed by atoms with E-state index < -0.39 is 23.4 Å². The standard InChI is InChI=1S/C15H11IN2O5/c16-13-7-2-1-6-12(13)15(20)23-9-14(19)17-10-4-3-5-11(8-10)18(21)22/h1-8H,9H2,(H,17,19).